The molecule has 1 aromatic carbocycles. The molecule has 0 saturated heterocycles. The summed E-state index contributed by atoms with van der Waals surface area (Å²) in [5.74, 6) is 1.93. The predicted octanol–water partition coefficient (Wildman–Crippen LogP) is 2.39. The average Bonchev–Trinajstić information content (AvgIpc) is 2.84. The number of rotatable bonds is 6. The number of aliphatic hydroxyl groups is 1. The molecule has 2 aromatic rings. The molecule has 0 aliphatic carbocycles. The maximum absolute atomic E-state index is 10.9. The van der Waals surface area contributed by atoms with Crippen LogP contribution in [-0.4, -0.2) is 27.0 Å². The number of hydrogen-bond acceptors (Lipinski definition) is 4. The Hall–Kier alpha value is -1.88. The van der Waals surface area contributed by atoms with E-state index in [9.17, 15) is 5.11 Å². The van der Waals surface area contributed by atoms with Crippen molar-refractivity contribution in [3.63, 3.8) is 0 Å². The summed E-state index contributed by atoms with van der Waals surface area (Å²) < 4.78 is 7.20. The summed E-state index contributed by atoms with van der Waals surface area (Å²) in [4.78, 5) is 4.29. The van der Waals surface area contributed by atoms with Crippen LogP contribution in [0.25, 0.3) is 0 Å². The van der Waals surface area contributed by atoms with Gasteiger partial charge in [0.25, 0.3) is 0 Å². The Kier molecular flexibility index (Phi) is 4.63. The minimum absolute atomic E-state index is 0.389. The summed E-state index contributed by atoms with van der Waals surface area (Å²) >= 11 is 0. The summed E-state index contributed by atoms with van der Waals surface area (Å²) in [6, 6.07) is 7.51. The second-order valence-electron chi connectivity index (χ2n) is 5.90. The Bertz CT molecular complexity index is 591. The molecule has 1 atom stereocenters. The number of hydrogen-bond donors (Lipinski definition) is 1. The lowest BCUT2D eigenvalue weighted by Crippen LogP contribution is -2.27. The Morgan fingerprint density at radius 1 is 1.33 bits per heavy atom. The molecule has 2 rings (SSSR count). The Labute approximate surface area is 125 Å². The molecule has 5 nitrogen and oxygen atoms in total. The summed E-state index contributed by atoms with van der Waals surface area (Å²) in [7, 11) is 1.61. The third-order valence-corrected chi connectivity index (χ3v) is 3.42. The van der Waals surface area contributed by atoms with Crippen molar-refractivity contribution in [2.75, 3.05) is 7.11 Å². The van der Waals surface area contributed by atoms with Gasteiger partial charge in [0, 0.05) is 18.5 Å². The Balaban J connectivity index is 2.27. The van der Waals surface area contributed by atoms with E-state index >= 15 is 0 Å². The van der Waals surface area contributed by atoms with Crippen LogP contribution in [0.4, 0.5) is 0 Å². The van der Waals surface area contributed by atoms with Gasteiger partial charge in [0.2, 0.25) is 0 Å². The van der Waals surface area contributed by atoms with Crippen molar-refractivity contribution in [1.82, 2.24) is 14.8 Å². The zero-order valence-electron chi connectivity index (χ0n) is 13.1. The van der Waals surface area contributed by atoms with Crippen LogP contribution in [0.2, 0.25) is 0 Å². The molecular formula is C16H23N3O2. The molecule has 21 heavy (non-hydrogen) atoms. The molecule has 0 radical (unpaired) electrons. The third-order valence-electron chi connectivity index (χ3n) is 3.42. The first-order valence-corrected chi connectivity index (χ1v) is 7.16. The van der Waals surface area contributed by atoms with Crippen molar-refractivity contribution in [2.45, 2.75) is 39.3 Å². The van der Waals surface area contributed by atoms with Gasteiger partial charge in [0.05, 0.1) is 12.7 Å². The molecule has 0 amide bonds. The van der Waals surface area contributed by atoms with Gasteiger partial charge in [-0.15, -0.1) is 0 Å². The Morgan fingerprint density at radius 3 is 2.71 bits per heavy atom. The number of methoxy groups -OCH3 is 1. The van der Waals surface area contributed by atoms with E-state index in [-0.39, 0.29) is 0 Å². The van der Waals surface area contributed by atoms with E-state index in [1.54, 1.807) is 14.0 Å². The highest BCUT2D eigenvalue weighted by molar-refractivity contribution is 5.38. The number of para-hydroxylation sites is 1. The first kappa shape index (κ1) is 15.5. The maximum Gasteiger partial charge on any atom is 0.138 e. The molecule has 0 fully saturated rings. The van der Waals surface area contributed by atoms with E-state index in [1.165, 1.54) is 6.33 Å². The summed E-state index contributed by atoms with van der Waals surface area (Å²) in [5, 5.41) is 15.1. The molecule has 5 heteroatoms. The molecular weight excluding hydrogens is 266 g/mol. The summed E-state index contributed by atoms with van der Waals surface area (Å²) in [6.45, 7) is 6.82. The number of nitrogens with zero attached hydrogens (tertiary/aromatic N) is 3. The summed E-state index contributed by atoms with van der Waals surface area (Å²) in [6.07, 6.45) is 1.93. The van der Waals surface area contributed by atoms with Gasteiger partial charge in [0.15, 0.2) is 0 Å². The molecule has 0 spiro atoms. The molecule has 1 aromatic heterocycles. The normalized spacial score (nSPS) is 14.2. The topological polar surface area (TPSA) is 60.2 Å². The van der Waals surface area contributed by atoms with Gasteiger partial charge < -0.3 is 9.84 Å². The van der Waals surface area contributed by atoms with Gasteiger partial charge in [-0.1, -0.05) is 32.0 Å². The van der Waals surface area contributed by atoms with Crippen LogP contribution in [-0.2, 0) is 18.6 Å². The summed E-state index contributed by atoms with van der Waals surface area (Å²) in [5.41, 5.74) is -0.305. The van der Waals surface area contributed by atoms with E-state index in [0.29, 0.717) is 18.1 Å². The standard InChI is InChI=1S/C16H23N3O2/c1-12(2)10-19-15(17-11-18-19)9-16(3,20)13-7-5-6-8-14(13)21-4/h5-8,11-12,20H,9-10H2,1-4H3. The fourth-order valence-electron chi connectivity index (χ4n) is 2.42. The smallest absolute Gasteiger partial charge is 0.138 e. The van der Waals surface area contributed by atoms with E-state index in [4.69, 9.17) is 4.74 Å². The SMILES string of the molecule is COc1ccccc1C(C)(O)Cc1ncnn1CC(C)C. The molecule has 0 aliphatic heterocycles. The molecule has 1 heterocycles. The molecule has 114 valence electrons. The number of benzene rings is 1. The molecule has 0 saturated carbocycles. The minimum Gasteiger partial charge on any atom is -0.496 e. The monoisotopic (exact) mass is 289 g/mol. The van der Waals surface area contributed by atoms with Crippen molar-refractivity contribution < 1.29 is 9.84 Å². The van der Waals surface area contributed by atoms with Crippen molar-refractivity contribution in [3.05, 3.63) is 42.0 Å². The fourth-order valence-corrected chi connectivity index (χ4v) is 2.42. The lowest BCUT2D eigenvalue weighted by molar-refractivity contribution is 0.0514. The van der Waals surface area contributed by atoms with Crippen LogP contribution in [0, 0.1) is 5.92 Å². The van der Waals surface area contributed by atoms with Crippen LogP contribution < -0.4 is 4.74 Å². The first-order chi connectivity index (χ1) is 9.94. The van der Waals surface area contributed by atoms with Crippen molar-refractivity contribution in [1.29, 1.82) is 0 Å². The van der Waals surface area contributed by atoms with Gasteiger partial charge >= 0.3 is 0 Å². The number of ether oxygens (including phenoxy) is 1. The van der Waals surface area contributed by atoms with Gasteiger partial charge in [0.1, 0.15) is 17.9 Å². The van der Waals surface area contributed by atoms with E-state index in [2.05, 4.69) is 23.9 Å². The number of aromatic nitrogens is 3. The van der Waals surface area contributed by atoms with Crippen molar-refractivity contribution in [2.24, 2.45) is 5.92 Å². The average molecular weight is 289 g/mol. The molecule has 0 bridgehead atoms. The highest BCUT2D eigenvalue weighted by Crippen LogP contribution is 2.32. The second-order valence-corrected chi connectivity index (χ2v) is 5.90. The lowest BCUT2D eigenvalue weighted by atomic mass is 9.91. The molecule has 1 unspecified atom stereocenters. The molecule has 1 N–H and O–H groups in total. The van der Waals surface area contributed by atoms with Gasteiger partial charge in [-0.05, 0) is 18.9 Å². The molecule has 0 aliphatic rings. The zero-order valence-corrected chi connectivity index (χ0v) is 13.1. The van der Waals surface area contributed by atoms with E-state index < -0.39 is 5.60 Å². The Morgan fingerprint density at radius 2 is 2.05 bits per heavy atom. The minimum atomic E-state index is -1.06. The predicted molar refractivity (Wildman–Crippen MR) is 81.1 cm³/mol. The zero-order chi connectivity index (χ0) is 15.5. The van der Waals surface area contributed by atoms with E-state index in [1.807, 2.05) is 28.9 Å². The first-order valence-electron chi connectivity index (χ1n) is 7.16. The van der Waals surface area contributed by atoms with Gasteiger partial charge in [-0.3, -0.25) is 0 Å². The third kappa shape index (κ3) is 3.61. The van der Waals surface area contributed by atoms with Crippen LogP contribution in [0.5, 0.6) is 5.75 Å². The maximum atomic E-state index is 10.9. The van der Waals surface area contributed by atoms with Gasteiger partial charge in [-0.25, -0.2) is 9.67 Å². The van der Waals surface area contributed by atoms with Crippen LogP contribution in [0.3, 0.4) is 0 Å². The van der Waals surface area contributed by atoms with Crippen LogP contribution >= 0.6 is 0 Å². The van der Waals surface area contributed by atoms with Crippen molar-refractivity contribution >= 4 is 0 Å². The second kappa shape index (κ2) is 6.26. The van der Waals surface area contributed by atoms with Crippen LogP contribution in [0.15, 0.2) is 30.6 Å². The highest BCUT2D eigenvalue weighted by Gasteiger charge is 2.29. The lowest BCUT2D eigenvalue weighted by Gasteiger charge is -2.25. The van der Waals surface area contributed by atoms with Crippen molar-refractivity contribution in [3.8, 4) is 5.75 Å². The fraction of sp³-hybridized carbons (Fsp3) is 0.500. The van der Waals surface area contributed by atoms with Gasteiger partial charge in [-0.2, -0.15) is 5.10 Å². The highest BCUT2D eigenvalue weighted by atomic mass is 16.5. The largest absolute Gasteiger partial charge is 0.496 e. The quantitative estimate of drug-likeness (QED) is 0.887. The van der Waals surface area contributed by atoms with E-state index in [0.717, 1.165) is 17.9 Å². The van der Waals surface area contributed by atoms with Crippen LogP contribution in [0.1, 0.15) is 32.2 Å².